The summed E-state index contributed by atoms with van der Waals surface area (Å²) >= 11 is 0. The number of ether oxygens (including phenoxy) is 4. The van der Waals surface area contributed by atoms with Crippen LogP contribution in [-0.2, 0) is 10.0 Å². The summed E-state index contributed by atoms with van der Waals surface area (Å²) in [7, 11) is -2.19. The lowest BCUT2D eigenvalue weighted by Crippen LogP contribution is -2.13. The van der Waals surface area contributed by atoms with Gasteiger partial charge in [0.25, 0.3) is 10.0 Å². The van der Waals surface area contributed by atoms with Gasteiger partial charge in [-0.3, -0.25) is 4.72 Å². The molecule has 0 saturated heterocycles. The Labute approximate surface area is 180 Å². The molecule has 0 aliphatic carbocycles. The monoisotopic (exact) mass is 439 g/mol. The van der Waals surface area contributed by atoms with Crippen molar-refractivity contribution in [2.24, 2.45) is 0 Å². The van der Waals surface area contributed by atoms with Crippen LogP contribution in [0, 0.1) is 0 Å². The van der Waals surface area contributed by atoms with Gasteiger partial charge in [-0.15, -0.1) is 0 Å². The Kier molecular flexibility index (Phi) is 4.66. The van der Waals surface area contributed by atoms with Gasteiger partial charge in [-0.1, -0.05) is 31.2 Å². The SMILES string of the molecule is COc1cc(NS(=O)(=O)c2ccccc2)cc2c1O[C@H](c1ccc3c(c1)OCO3)[C@H]2C. The summed E-state index contributed by atoms with van der Waals surface area (Å²) in [6, 6.07) is 17.4. The highest BCUT2D eigenvalue weighted by atomic mass is 32.2. The molecule has 2 atom stereocenters. The van der Waals surface area contributed by atoms with Crippen LogP contribution in [0.3, 0.4) is 0 Å². The zero-order valence-corrected chi connectivity index (χ0v) is 17.8. The zero-order valence-electron chi connectivity index (χ0n) is 17.0. The average molecular weight is 439 g/mol. The summed E-state index contributed by atoms with van der Waals surface area (Å²) in [6.07, 6.45) is -0.264. The van der Waals surface area contributed by atoms with Crippen molar-refractivity contribution in [3.8, 4) is 23.0 Å². The molecule has 31 heavy (non-hydrogen) atoms. The van der Waals surface area contributed by atoms with Gasteiger partial charge >= 0.3 is 0 Å². The number of hydrogen-bond donors (Lipinski definition) is 1. The third kappa shape index (κ3) is 3.42. The van der Waals surface area contributed by atoms with Crippen molar-refractivity contribution in [3.63, 3.8) is 0 Å². The summed E-state index contributed by atoms with van der Waals surface area (Å²) in [4.78, 5) is 0.192. The molecule has 3 aromatic rings. The number of nitrogens with one attached hydrogen (secondary N) is 1. The van der Waals surface area contributed by atoms with Crippen molar-refractivity contribution >= 4 is 15.7 Å². The number of rotatable bonds is 5. The minimum absolute atomic E-state index is 0.0366. The number of benzene rings is 3. The van der Waals surface area contributed by atoms with Crippen LogP contribution in [0.4, 0.5) is 5.69 Å². The van der Waals surface area contributed by atoms with Crippen LogP contribution in [-0.4, -0.2) is 22.3 Å². The molecule has 7 nitrogen and oxygen atoms in total. The van der Waals surface area contributed by atoms with Gasteiger partial charge in [-0.2, -0.15) is 0 Å². The molecule has 0 saturated carbocycles. The molecular weight excluding hydrogens is 418 g/mol. The molecule has 5 rings (SSSR count). The maximum absolute atomic E-state index is 12.8. The van der Waals surface area contributed by atoms with Crippen LogP contribution in [0.2, 0.25) is 0 Å². The van der Waals surface area contributed by atoms with Crippen LogP contribution >= 0.6 is 0 Å². The van der Waals surface area contributed by atoms with Crippen molar-refractivity contribution in [3.05, 3.63) is 71.8 Å². The number of fused-ring (bicyclic) bond motifs is 2. The van der Waals surface area contributed by atoms with E-state index >= 15 is 0 Å². The first-order valence-corrected chi connectivity index (χ1v) is 11.3. The number of anilines is 1. The maximum atomic E-state index is 12.8. The first-order chi connectivity index (χ1) is 15.0. The van der Waals surface area contributed by atoms with E-state index in [9.17, 15) is 8.42 Å². The molecule has 0 bridgehead atoms. The van der Waals surface area contributed by atoms with E-state index in [4.69, 9.17) is 18.9 Å². The van der Waals surface area contributed by atoms with Crippen molar-refractivity contribution in [2.75, 3.05) is 18.6 Å². The fraction of sp³-hybridized carbons (Fsp3) is 0.217. The van der Waals surface area contributed by atoms with Gasteiger partial charge < -0.3 is 18.9 Å². The normalized spacial score (nSPS) is 18.9. The second-order valence-corrected chi connectivity index (χ2v) is 9.14. The van der Waals surface area contributed by atoms with Crippen LogP contribution in [0.5, 0.6) is 23.0 Å². The summed E-state index contributed by atoms with van der Waals surface area (Å²) in [5.41, 5.74) is 2.23. The maximum Gasteiger partial charge on any atom is 0.261 e. The Balaban J connectivity index is 1.48. The van der Waals surface area contributed by atoms with Gasteiger partial charge in [0, 0.05) is 17.5 Å². The lowest BCUT2D eigenvalue weighted by molar-refractivity contribution is 0.173. The van der Waals surface area contributed by atoms with Gasteiger partial charge in [-0.05, 0) is 35.9 Å². The third-order valence-corrected chi connectivity index (χ3v) is 6.92. The molecule has 0 aromatic heterocycles. The van der Waals surface area contributed by atoms with E-state index in [1.165, 1.54) is 7.11 Å². The Morgan fingerprint density at radius 1 is 1.00 bits per heavy atom. The molecule has 1 N–H and O–H groups in total. The van der Waals surface area contributed by atoms with Gasteiger partial charge in [0.2, 0.25) is 6.79 Å². The molecule has 0 spiro atoms. The molecule has 2 aliphatic rings. The molecule has 0 amide bonds. The van der Waals surface area contributed by atoms with E-state index in [2.05, 4.69) is 4.72 Å². The van der Waals surface area contributed by atoms with Crippen LogP contribution < -0.4 is 23.7 Å². The van der Waals surface area contributed by atoms with Gasteiger partial charge in [0.15, 0.2) is 23.0 Å². The molecular formula is C23H21NO6S. The largest absolute Gasteiger partial charge is 0.493 e. The molecule has 8 heteroatoms. The molecule has 0 radical (unpaired) electrons. The van der Waals surface area contributed by atoms with E-state index in [1.54, 1.807) is 42.5 Å². The Morgan fingerprint density at radius 3 is 2.55 bits per heavy atom. The van der Waals surface area contributed by atoms with Crippen LogP contribution in [0.25, 0.3) is 0 Å². The van der Waals surface area contributed by atoms with E-state index in [0.29, 0.717) is 28.7 Å². The fourth-order valence-electron chi connectivity index (χ4n) is 3.95. The molecule has 160 valence electrons. The second-order valence-electron chi connectivity index (χ2n) is 7.46. The first-order valence-electron chi connectivity index (χ1n) is 9.82. The summed E-state index contributed by atoms with van der Waals surface area (Å²) in [5, 5.41) is 0. The van der Waals surface area contributed by atoms with Crippen molar-refractivity contribution in [2.45, 2.75) is 23.8 Å². The molecule has 0 fully saturated rings. The lowest BCUT2D eigenvalue weighted by atomic mass is 9.92. The van der Waals surface area contributed by atoms with Gasteiger partial charge in [0.1, 0.15) is 6.10 Å². The van der Waals surface area contributed by atoms with Crippen molar-refractivity contribution in [1.82, 2.24) is 0 Å². The Morgan fingerprint density at radius 2 is 1.77 bits per heavy atom. The predicted octanol–water partition coefficient (Wildman–Crippen LogP) is 4.46. The minimum Gasteiger partial charge on any atom is -0.493 e. The van der Waals surface area contributed by atoms with Crippen molar-refractivity contribution in [1.29, 1.82) is 0 Å². The summed E-state index contributed by atoms with van der Waals surface area (Å²) < 4.78 is 50.8. The quantitative estimate of drug-likeness (QED) is 0.632. The second kappa shape index (κ2) is 7.39. The number of hydrogen-bond acceptors (Lipinski definition) is 6. The van der Waals surface area contributed by atoms with Crippen LogP contribution in [0.1, 0.15) is 30.1 Å². The number of methoxy groups -OCH3 is 1. The minimum atomic E-state index is -3.72. The van der Waals surface area contributed by atoms with E-state index in [1.807, 2.05) is 25.1 Å². The Hall–Kier alpha value is -3.39. The molecule has 3 aromatic carbocycles. The number of sulfonamides is 1. The zero-order chi connectivity index (χ0) is 21.6. The van der Waals surface area contributed by atoms with E-state index in [-0.39, 0.29) is 23.7 Å². The standard InChI is InChI=1S/C23H21NO6S/c1-14-18-11-16(24-31(25,26)17-6-4-3-5-7-17)12-21(27-2)23(18)30-22(14)15-8-9-19-20(10-15)29-13-28-19/h3-12,14,22,24H,13H2,1-2H3/t14-,22-/m0/s1. The highest BCUT2D eigenvalue weighted by Crippen LogP contribution is 2.52. The smallest absolute Gasteiger partial charge is 0.261 e. The molecule has 2 heterocycles. The Bertz CT molecular complexity index is 1240. The molecule has 2 aliphatic heterocycles. The summed E-state index contributed by atoms with van der Waals surface area (Å²) in [5.74, 6) is 2.44. The van der Waals surface area contributed by atoms with Crippen molar-refractivity contribution < 1.29 is 27.4 Å². The fourth-order valence-corrected chi connectivity index (χ4v) is 5.01. The van der Waals surface area contributed by atoms with Crippen LogP contribution in [0.15, 0.2) is 65.6 Å². The summed E-state index contributed by atoms with van der Waals surface area (Å²) in [6.45, 7) is 2.24. The highest BCUT2D eigenvalue weighted by molar-refractivity contribution is 7.92. The van der Waals surface area contributed by atoms with E-state index < -0.39 is 10.0 Å². The van der Waals surface area contributed by atoms with Gasteiger partial charge in [0.05, 0.1) is 17.7 Å². The first kappa shape index (κ1) is 19.6. The highest BCUT2D eigenvalue weighted by Gasteiger charge is 2.36. The lowest BCUT2D eigenvalue weighted by Gasteiger charge is -2.16. The van der Waals surface area contributed by atoms with E-state index in [0.717, 1.165) is 11.1 Å². The predicted molar refractivity (Wildman–Crippen MR) is 115 cm³/mol. The third-order valence-electron chi connectivity index (χ3n) is 5.52. The molecule has 0 unspecified atom stereocenters. The average Bonchev–Trinajstić information content (AvgIpc) is 3.38. The van der Waals surface area contributed by atoms with Gasteiger partial charge in [-0.25, -0.2) is 8.42 Å². The topological polar surface area (TPSA) is 83.1 Å².